The van der Waals surface area contributed by atoms with E-state index in [1.54, 1.807) is 6.07 Å². The second-order valence-corrected chi connectivity index (χ2v) is 3.65. The van der Waals surface area contributed by atoms with E-state index in [0.29, 0.717) is 13.0 Å². The molecule has 0 spiro atoms. The zero-order valence-corrected chi connectivity index (χ0v) is 9.96. The summed E-state index contributed by atoms with van der Waals surface area (Å²) >= 11 is 0. The maximum absolute atomic E-state index is 11.7. The standard InChI is InChI=1S/C11H15N3O4/c1-18-7-6-8(12)11(15)13-9-4-2-3-5-10(9)14(16)17/h2-5,8H,6-7,12H2,1H3,(H,13,15). The van der Waals surface area contributed by atoms with Gasteiger partial charge in [-0.15, -0.1) is 0 Å². The number of methoxy groups -OCH3 is 1. The summed E-state index contributed by atoms with van der Waals surface area (Å²) in [5.74, 6) is -0.471. The van der Waals surface area contributed by atoms with Crippen molar-refractivity contribution >= 4 is 17.3 Å². The first-order valence-corrected chi connectivity index (χ1v) is 5.35. The van der Waals surface area contributed by atoms with Gasteiger partial charge in [0.15, 0.2) is 0 Å². The van der Waals surface area contributed by atoms with Crippen LogP contribution in [0.2, 0.25) is 0 Å². The fourth-order valence-electron chi connectivity index (χ4n) is 1.34. The Labute approximate surface area is 104 Å². The first-order chi connectivity index (χ1) is 8.56. The summed E-state index contributed by atoms with van der Waals surface area (Å²) in [4.78, 5) is 21.9. The maximum Gasteiger partial charge on any atom is 0.292 e. The molecule has 0 radical (unpaired) electrons. The molecule has 1 atom stereocenters. The van der Waals surface area contributed by atoms with E-state index in [9.17, 15) is 14.9 Å². The lowest BCUT2D eigenvalue weighted by Gasteiger charge is -2.11. The van der Waals surface area contributed by atoms with Crippen LogP contribution in [0.3, 0.4) is 0 Å². The molecular formula is C11H15N3O4. The number of nitrogens with one attached hydrogen (secondary N) is 1. The van der Waals surface area contributed by atoms with E-state index in [4.69, 9.17) is 10.5 Å². The van der Waals surface area contributed by atoms with Gasteiger partial charge in [0.25, 0.3) is 5.69 Å². The predicted octanol–water partition coefficient (Wildman–Crippen LogP) is 0.897. The highest BCUT2D eigenvalue weighted by molar-refractivity contribution is 5.96. The first-order valence-electron chi connectivity index (χ1n) is 5.35. The van der Waals surface area contributed by atoms with Crippen molar-refractivity contribution in [2.24, 2.45) is 5.73 Å². The van der Waals surface area contributed by atoms with Crippen molar-refractivity contribution in [1.82, 2.24) is 0 Å². The number of hydrogen-bond donors (Lipinski definition) is 2. The van der Waals surface area contributed by atoms with Gasteiger partial charge in [-0.1, -0.05) is 12.1 Å². The SMILES string of the molecule is COCCC(N)C(=O)Nc1ccccc1[N+](=O)[O-]. The molecule has 0 aliphatic rings. The number of nitro benzene ring substituents is 1. The van der Waals surface area contributed by atoms with Gasteiger partial charge in [0.05, 0.1) is 11.0 Å². The molecule has 0 saturated heterocycles. The number of anilines is 1. The number of hydrogen-bond acceptors (Lipinski definition) is 5. The molecule has 1 unspecified atom stereocenters. The molecule has 98 valence electrons. The van der Waals surface area contributed by atoms with Gasteiger partial charge in [-0.3, -0.25) is 14.9 Å². The van der Waals surface area contributed by atoms with Gasteiger partial charge in [-0.25, -0.2) is 0 Å². The minimum absolute atomic E-state index is 0.139. The fraction of sp³-hybridized carbons (Fsp3) is 0.364. The van der Waals surface area contributed by atoms with Crippen LogP contribution < -0.4 is 11.1 Å². The second-order valence-electron chi connectivity index (χ2n) is 3.65. The number of nitrogens with two attached hydrogens (primary N) is 1. The number of para-hydroxylation sites is 2. The molecule has 1 rings (SSSR count). The Morgan fingerprint density at radius 3 is 2.83 bits per heavy atom. The molecule has 0 aliphatic heterocycles. The van der Waals surface area contributed by atoms with E-state index in [1.807, 2.05) is 0 Å². The minimum Gasteiger partial charge on any atom is -0.385 e. The van der Waals surface area contributed by atoms with Crippen molar-refractivity contribution in [2.75, 3.05) is 19.0 Å². The van der Waals surface area contributed by atoms with E-state index >= 15 is 0 Å². The Balaban J connectivity index is 2.72. The molecule has 1 amide bonds. The summed E-state index contributed by atoms with van der Waals surface area (Å²) in [5, 5.41) is 13.2. The van der Waals surface area contributed by atoms with Gasteiger partial charge in [-0.05, 0) is 12.5 Å². The van der Waals surface area contributed by atoms with Crippen LogP contribution in [0.15, 0.2) is 24.3 Å². The third-order valence-electron chi connectivity index (χ3n) is 2.33. The van der Waals surface area contributed by atoms with Crippen LogP contribution in [0, 0.1) is 10.1 Å². The summed E-state index contributed by atoms with van der Waals surface area (Å²) in [7, 11) is 1.51. The third-order valence-corrected chi connectivity index (χ3v) is 2.33. The summed E-state index contributed by atoms with van der Waals surface area (Å²) < 4.78 is 4.81. The normalized spacial score (nSPS) is 11.9. The molecule has 0 heterocycles. The van der Waals surface area contributed by atoms with E-state index < -0.39 is 16.9 Å². The fourth-order valence-corrected chi connectivity index (χ4v) is 1.34. The largest absolute Gasteiger partial charge is 0.385 e. The number of rotatable bonds is 6. The predicted molar refractivity (Wildman–Crippen MR) is 66.2 cm³/mol. The van der Waals surface area contributed by atoms with Crippen LogP contribution in [0.25, 0.3) is 0 Å². The number of ether oxygens (including phenoxy) is 1. The molecule has 3 N–H and O–H groups in total. The first kappa shape index (κ1) is 14.1. The van der Waals surface area contributed by atoms with Crippen LogP contribution in [-0.2, 0) is 9.53 Å². The van der Waals surface area contributed by atoms with Crippen molar-refractivity contribution in [1.29, 1.82) is 0 Å². The second kappa shape index (κ2) is 6.67. The quantitative estimate of drug-likeness (QED) is 0.578. The average molecular weight is 253 g/mol. The minimum atomic E-state index is -0.759. The topological polar surface area (TPSA) is 107 Å². The molecule has 7 heteroatoms. The van der Waals surface area contributed by atoms with E-state index in [-0.39, 0.29) is 11.4 Å². The number of carbonyl (C=O) groups excluding carboxylic acids is 1. The maximum atomic E-state index is 11.7. The van der Waals surface area contributed by atoms with Gasteiger partial charge < -0.3 is 15.8 Å². The lowest BCUT2D eigenvalue weighted by atomic mass is 10.2. The Bertz CT molecular complexity index is 436. The lowest BCUT2D eigenvalue weighted by molar-refractivity contribution is -0.383. The number of amides is 1. The van der Waals surface area contributed by atoms with Crippen molar-refractivity contribution in [3.05, 3.63) is 34.4 Å². The number of nitrogens with zero attached hydrogens (tertiary/aromatic N) is 1. The Hall–Kier alpha value is -1.99. The molecule has 7 nitrogen and oxygen atoms in total. The van der Waals surface area contributed by atoms with Crippen LogP contribution >= 0.6 is 0 Å². The highest BCUT2D eigenvalue weighted by Crippen LogP contribution is 2.23. The molecule has 18 heavy (non-hydrogen) atoms. The van der Waals surface area contributed by atoms with Gasteiger partial charge >= 0.3 is 0 Å². The smallest absolute Gasteiger partial charge is 0.292 e. The summed E-state index contributed by atoms with van der Waals surface area (Å²) in [5.41, 5.74) is 5.59. The van der Waals surface area contributed by atoms with E-state index in [0.717, 1.165) is 0 Å². The Morgan fingerprint density at radius 2 is 2.22 bits per heavy atom. The lowest BCUT2D eigenvalue weighted by Crippen LogP contribution is -2.36. The third kappa shape index (κ3) is 3.79. The Kier molecular flexibility index (Phi) is 5.22. The van der Waals surface area contributed by atoms with Crippen molar-refractivity contribution < 1.29 is 14.5 Å². The van der Waals surface area contributed by atoms with Crippen LogP contribution in [0.5, 0.6) is 0 Å². The molecule has 0 saturated carbocycles. The molecular weight excluding hydrogens is 238 g/mol. The summed E-state index contributed by atoms with van der Waals surface area (Å²) in [6.45, 7) is 0.353. The average Bonchev–Trinajstić information content (AvgIpc) is 2.36. The van der Waals surface area contributed by atoms with Gasteiger partial charge in [0.2, 0.25) is 5.91 Å². The zero-order chi connectivity index (χ0) is 13.5. The monoisotopic (exact) mass is 253 g/mol. The Morgan fingerprint density at radius 1 is 1.56 bits per heavy atom. The molecule has 0 aromatic heterocycles. The van der Waals surface area contributed by atoms with E-state index in [2.05, 4.69) is 5.32 Å². The van der Waals surface area contributed by atoms with Crippen molar-refractivity contribution in [3.63, 3.8) is 0 Å². The van der Waals surface area contributed by atoms with Crippen molar-refractivity contribution in [2.45, 2.75) is 12.5 Å². The van der Waals surface area contributed by atoms with Gasteiger partial charge in [0, 0.05) is 19.8 Å². The van der Waals surface area contributed by atoms with E-state index in [1.165, 1.54) is 25.3 Å². The van der Waals surface area contributed by atoms with Gasteiger partial charge in [-0.2, -0.15) is 0 Å². The van der Waals surface area contributed by atoms with Gasteiger partial charge in [0.1, 0.15) is 5.69 Å². The molecule has 0 aliphatic carbocycles. The van der Waals surface area contributed by atoms with Crippen LogP contribution in [0.4, 0.5) is 11.4 Å². The molecule has 0 bridgehead atoms. The number of benzene rings is 1. The highest BCUT2D eigenvalue weighted by Gasteiger charge is 2.18. The van der Waals surface area contributed by atoms with Crippen LogP contribution in [0.1, 0.15) is 6.42 Å². The summed E-state index contributed by atoms with van der Waals surface area (Å²) in [6, 6.07) is 5.14. The summed E-state index contributed by atoms with van der Waals surface area (Å²) in [6.07, 6.45) is 0.350. The molecule has 1 aromatic rings. The highest BCUT2D eigenvalue weighted by atomic mass is 16.6. The molecule has 1 aromatic carbocycles. The number of carbonyl (C=O) groups is 1. The number of nitro groups is 1. The van der Waals surface area contributed by atoms with Crippen LogP contribution in [-0.4, -0.2) is 30.6 Å². The zero-order valence-electron chi connectivity index (χ0n) is 9.96. The van der Waals surface area contributed by atoms with Crippen molar-refractivity contribution in [3.8, 4) is 0 Å². The molecule has 0 fully saturated rings.